The molecule has 0 aromatic heterocycles. The highest BCUT2D eigenvalue weighted by Crippen LogP contribution is 2.38. The zero-order valence-corrected chi connectivity index (χ0v) is 15.0. The monoisotopic (exact) mass is 347 g/mol. The first-order valence-corrected chi connectivity index (χ1v) is 8.67. The van der Waals surface area contributed by atoms with E-state index < -0.39 is 0 Å². The molecule has 0 atom stereocenters. The molecule has 1 saturated heterocycles. The molecule has 1 aliphatic heterocycles. The van der Waals surface area contributed by atoms with Crippen LogP contribution in [0.3, 0.4) is 0 Å². The molecule has 0 radical (unpaired) electrons. The number of hydrogen-bond acceptors (Lipinski definition) is 5. The van der Waals surface area contributed by atoms with E-state index in [-0.39, 0.29) is 17.9 Å². The summed E-state index contributed by atoms with van der Waals surface area (Å²) >= 11 is 0. The molecule has 1 aromatic rings. The number of carbonyl (C=O) groups is 2. The minimum atomic E-state index is -0.307. The highest BCUT2D eigenvalue weighted by molar-refractivity contribution is 5.85. The second-order valence-corrected chi connectivity index (χ2v) is 6.71. The van der Waals surface area contributed by atoms with Crippen LogP contribution in [0.4, 0.5) is 4.79 Å². The van der Waals surface area contributed by atoms with E-state index in [1.165, 1.54) is 18.2 Å². The lowest BCUT2D eigenvalue weighted by atomic mass is 9.84. The minimum Gasteiger partial charge on any atom is -0.493 e. The van der Waals surface area contributed by atoms with Crippen molar-refractivity contribution in [3.63, 3.8) is 0 Å². The summed E-state index contributed by atoms with van der Waals surface area (Å²) < 4.78 is 15.5. The first-order chi connectivity index (χ1) is 12.1. The zero-order valence-electron chi connectivity index (χ0n) is 15.0. The van der Waals surface area contributed by atoms with Gasteiger partial charge in [-0.2, -0.15) is 0 Å². The van der Waals surface area contributed by atoms with Gasteiger partial charge in [0, 0.05) is 24.9 Å². The molecule has 0 unspecified atom stereocenters. The van der Waals surface area contributed by atoms with Crippen molar-refractivity contribution in [1.82, 2.24) is 4.90 Å². The molecule has 3 rings (SSSR count). The lowest BCUT2D eigenvalue weighted by molar-refractivity contribution is -0.127. The van der Waals surface area contributed by atoms with Gasteiger partial charge in [0.05, 0.1) is 21.3 Å². The maximum Gasteiger partial charge on any atom is 0.409 e. The van der Waals surface area contributed by atoms with Crippen molar-refractivity contribution in [2.45, 2.75) is 25.7 Å². The molecule has 0 N–H and O–H groups in total. The Morgan fingerprint density at radius 2 is 1.44 bits per heavy atom. The molecule has 1 fully saturated rings. The van der Waals surface area contributed by atoms with Gasteiger partial charge in [-0.05, 0) is 48.9 Å². The van der Waals surface area contributed by atoms with Gasteiger partial charge in [-0.15, -0.1) is 0 Å². The average Bonchev–Trinajstić information content (AvgIpc) is 3.08. The van der Waals surface area contributed by atoms with Gasteiger partial charge in [0.25, 0.3) is 0 Å². The molecule has 6 nitrogen and oxygen atoms in total. The maximum absolute atomic E-state index is 12.9. The van der Waals surface area contributed by atoms with E-state index in [4.69, 9.17) is 14.2 Å². The predicted molar refractivity (Wildman–Crippen MR) is 92.2 cm³/mol. The number of fused-ring (bicyclic) bond motifs is 1. The first-order valence-electron chi connectivity index (χ1n) is 8.67. The molecular formula is C19H25NO5. The van der Waals surface area contributed by atoms with E-state index in [1.807, 2.05) is 12.1 Å². The van der Waals surface area contributed by atoms with Gasteiger partial charge in [0.1, 0.15) is 5.78 Å². The minimum absolute atomic E-state index is 0.0153. The second-order valence-electron chi connectivity index (χ2n) is 6.71. The number of hydrogen-bond donors (Lipinski definition) is 0. The van der Waals surface area contributed by atoms with Crippen LogP contribution >= 0.6 is 0 Å². The Balaban J connectivity index is 1.64. The van der Waals surface area contributed by atoms with Crippen LogP contribution in [-0.4, -0.2) is 51.2 Å². The number of ketones is 1. The highest BCUT2D eigenvalue weighted by Gasteiger charge is 2.35. The standard InChI is InChI=1S/C19H25NO5/c1-23-16-10-13-8-15(9-14(13)11-17(16)24-2)18(21)12-4-6-20(7-5-12)19(22)25-3/h10-12,15H,4-9H2,1-3H3. The summed E-state index contributed by atoms with van der Waals surface area (Å²) in [6.07, 6.45) is 2.64. The van der Waals surface area contributed by atoms with E-state index in [1.54, 1.807) is 19.1 Å². The van der Waals surface area contributed by atoms with Gasteiger partial charge >= 0.3 is 6.09 Å². The molecule has 6 heteroatoms. The summed E-state index contributed by atoms with van der Waals surface area (Å²) in [6.45, 7) is 1.18. The third kappa shape index (κ3) is 3.43. The number of likely N-dealkylation sites (tertiary alicyclic amines) is 1. The number of amides is 1. The van der Waals surface area contributed by atoms with Crippen LogP contribution in [0.5, 0.6) is 11.5 Å². The van der Waals surface area contributed by atoms with Gasteiger partial charge in [0.2, 0.25) is 0 Å². The van der Waals surface area contributed by atoms with Gasteiger partial charge in [0.15, 0.2) is 11.5 Å². The number of Topliss-reactive ketones (excluding diaryl/α,β-unsaturated/α-hetero) is 1. The summed E-state index contributed by atoms with van der Waals surface area (Å²) in [7, 11) is 4.63. The van der Waals surface area contributed by atoms with Crippen LogP contribution in [0.2, 0.25) is 0 Å². The van der Waals surface area contributed by atoms with Crippen molar-refractivity contribution in [3.8, 4) is 11.5 Å². The van der Waals surface area contributed by atoms with Crippen LogP contribution < -0.4 is 9.47 Å². The highest BCUT2D eigenvalue weighted by atomic mass is 16.5. The molecule has 0 spiro atoms. The van der Waals surface area contributed by atoms with E-state index in [0.29, 0.717) is 43.2 Å². The number of ether oxygens (including phenoxy) is 3. The Morgan fingerprint density at radius 1 is 0.920 bits per heavy atom. The number of carbonyl (C=O) groups excluding carboxylic acids is 2. The Morgan fingerprint density at radius 3 is 1.88 bits per heavy atom. The topological polar surface area (TPSA) is 65.1 Å². The van der Waals surface area contributed by atoms with Crippen molar-refractivity contribution < 1.29 is 23.8 Å². The number of benzene rings is 1. The summed E-state index contributed by atoms with van der Waals surface area (Å²) in [5.41, 5.74) is 2.34. The fourth-order valence-electron chi connectivity index (χ4n) is 3.96. The second kappa shape index (κ2) is 7.33. The third-order valence-electron chi connectivity index (χ3n) is 5.37. The van der Waals surface area contributed by atoms with Gasteiger partial charge in [-0.3, -0.25) is 4.79 Å². The molecule has 0 bridgehead atoms. The Kier molecular flexibility index (Phi) is 5.16. The van der Waals surface area contributed by atoms with E-state index >= 15 is 0 Å². The SMILES string of the molecule is COC(=O)N1CCC(C(=O)C2Cc3cc(OC)c(OC)cc3C2)CC1. The number of nitrogens with zero attached hydrogens (tertiary/aromatic N) is 1. The van der Waals surface area contributed by atoms with Crippen molar-refractivity contribution in [2.24, 2.45) is 11.8 Å². The smallest absolute Gasteiger partial charge is 0.409 e. The number of rotatable bonds is 4. The van der Waals surface area contributed by atoms with Crippen molar-refractivity contribution in [2.75, 3.05) is 34.4 Å². The van der Waals surface area contributed by atoms with Crippen molar-refractivity contribution >= 4 is 11.9 Å². The molecule has 2 aliphatic rings. The zero-order chi connectivity index (χ0) is 18.0. The molecule has 1 aromatic carbocycles. The normalized spacial score (nSPS) is 18.0. The van der Waals surface area contributed by atoms with Crippen molar-refractivity contribution in [3.05, 3.63) is 23.3 Å². The molecule has 136 valence electrons. The summed E-state index contributed by atoms with van der Waals surface area (Å²) in [4.78, 5) is 26.2. The molecule has 1 amide bonds. The van der Waals surface area contributed by atoms with Crippen LogP contribution in [-0.2, 0) is 22.4 Å². The van der Waals surface area contributed by atoms with Crippen LogP contribution in [0.25, 0.3) is 0 Å². The van der Waals surface area contributed by atoms with E-state index in [0.717, 1.165) is 12.8 Å². The maximum atomic E-state index is 12.9. The predicted octanol–water partition coefficient (Wildman–Crippen LogP) is 2.47. The van der Waals surface area contributed by atoms with Gasteiger partial charge in [-0.1, -0.05) is 0 Å². The lowest BCUT2D eigenvalue weighted by Gasteiger charge is -2.31. The first kappa shape index (κ1) is 17.6. The van der Waals surface area contributed by atoms with Crippen molar-refractivity contribution in [1.29, 1.82) is 0 Å². The van der Waals surface area contributed by atoms with Crippen LogP contribution in [0, 0.1) is 11.8 Å². The molecular weight excluding hydrogens is 322 g/mol. The third-order valence-corrected chi connectivity index (χ3v) is 5.37. The summed E-state index contributed by atoms with van der Waals surface area (Å²) in [5, 5.41) is 0. The fraction of sp³-hybridized carbons (Fsp3) is 0.579. The Labute approximate surface area is 148 Å². The van der Waals surface area contributed by atoms with E-state index in [9.17, 15) is 9.59 Å². The molecule has 0 saturated carbocycles. The quantitative estimate of drug-likeness (QED) is 0.837. The molecule has 25 heavy (non-hydrogen) atoms. The van der Waals surface area contributed by atoms with Gasteiger partial charge < -0.3 is 19.1 Å². The van der Waals surface area contributed by atoms with Crippen LogP contribution in [0.15, 0.2) is 12.1 Å². The van der Waals surface area contributed by atoms with Crippen LogP contribution in [0.1, 0.15) is 24.0 Å². The largest absolute Gasteiger partial charge is 0.493 e. The average molecular weight is 347 g/mol. The lowest BCUT2D eigenvalue weighted by Crippen LogP contribution is -2.41. The summed E-state index contributed by atoms with van der Waals surface area (Å²) in [6, 6.07) is 3.97. The fourth-order valence-corrected chi connectivity index (χ4v) is 3.96. The molecule has 1 aliphatic carbocycles. The Bertz CT molecular complexity index is 631. The number of piperidine rings is 1. The Hall–Kier alpha value is -2.24. The van der Waals surface area contributed by atoms with Gasteiger partial charge in [-0.25, -0.2) is 4.79 Å². The summed E-state index contributed by atoms with van der Waals surface area (Å²) in [5.74, 6) is 1.78. The van der Waals surface area contributed by atoms with E-state index in [2.05, 4.69) is 0 Å². The molecule has 1 heterocycles. The number of methoxy groups -OCH3 is 3.